The fraction of sp³-hybridized carbons (Fsp3) is 0.500. The van der Waals surface area contributed by atoms with Crippen molar-refractivity contribution in [2.75, 3.05) is 26.4 Å². The fourth-order valence-electron chi connectivity index (χ4n) is 4.04. The van der Waals surface area contributed by atoms with Crippen LogP contribution in [0, 0.1) is 5.41 Å². The van der Waals surface area contributed by atoms with Gasteiger partial charge < -0.3 is 24.4 Å². The predicted octanol–water partition coefficient (Wildman–Crippen LogP) is 4.16. The molecule has 0 spiro atoms. The monoisotopic (exact) mass is 468 g/mol. The smallest absolute Gasteiger partial charge is 0.251 e. The molecule has 0 amide bonds. The molecule has 8 heteroatoms. The van der Waals surface area contributed by atoms with Gasteiger partial charge in [0.2, 0.25) is 0 Å². The molecule has 0 bridgehead atoms. The predicted molar refractivity (Wildman–Crippen MR) is 115 cm³/mol. The maximum atomic E-state index is 13.2. The molecule has 174 valence electrons. The Balaban J connectivity index is 1.41. The lowest BCUT2D eigenvalue weighted by Gasteiger charge is -2.39. The number of halogens is 3. The molecule has 2 aromatic carbocycles. The molecule has 0 aromatic heterocycles. The average Bonchev–Trinajstić information content (AvgIpc) is 2.75. The second-order valence-corrected chi connectivity index (χ2v) is 9.08. The van der Waals surface area contributed by atoms with Gasteiger partial charge in [-0.1, -0.05) is 35.9 Å². The first kappa shape index (κ1) is 23.4. The Bertz CT molecular complexity index is 904. The molecule has 2 fully saturated rings. The summed E-state index contributed by atoms with van der Waals surface area (Å²) < 4.78 is 42.8. The van der Waals surface area contributed by atoms with E-state index in [9.17, 15) is 19.0 Å². The van der Waals surface area contributed by atoms with Crippen LogP contribution in [0.25, 0.3) is 0 Å². The van der Waals surface area contributed by atoms with E-state index in [1.165, 1.54) is 0 Å². The molecule has 2 heterocycles. The minimum absolute atomic E-state index is 0.0123. The summed E-state index contributed by atoms with van der Waals surface area (Å²) >= 11 is 6.42. The van der Waals surface area contributed by atoms with Gasteiger partial charge in [0.1, 0.15) is 17.8 Å². The molecule has 0 saturated carbocycles. The van der Waals surface area contributed by atoms with E-state index in [1.54, 1.807) is 12.1 Å². The zero-order valence-corrected chi connectivity index (χ0v) is 18.3. The van der Waals surface area contributed by atoms with E-state index in [1.807, 2.05) is 30.3 Å². The van der Waals surface area contributed by atoms with Crippen LogP contribution in [-0.4, -0.2) is 55.3 Å². The zero-order chi connectivity index (χ0) is 22.7. The number of alkyl halides is 2. The molecule has 5 nitrogen and oxygen atoms in total. The summed E-state index contributed by atoms with van der Waals surface area (Å²) in [5.74, 6) is 0.528. The largest absolute Gasteiger partial charge is 0.493 e. The molecule has 32 heavy (non-hydrogen) atoms. The van der Waals surface area contributed by atoms with Crippen molar-refractivity contribution in [2.45, 2.75) is 44.0 Å². The second kappa shape index (κ2) is 10.0. The molecule has 2 aliphatic rings. The Hall–Kier alpha value is -1.77. The average molecular weight is 469 g/mol. The van der Waals surface area contributed by atoms with Crippen molar-refractivity contribution in [1.29, 1.82) is 0 Å². The van der Waals surface area contributed by atoms with E-state index >= 15 is 0 Å². The number of benzene rings is 2. The van der Waals surface area contributed by atoms with Gasteiger partial charge in [-0.05, 0) is 41.3 Å². The summed E-state index contributed by atoms with van der Waals surface area (Å²) in [5.41, 5.74) is 1.59. The lowest BCUT2D eigenvalue weighted by atomic mass is 9.87. The lowest BCUT2D eigenvalue weighted by Crippen LogP contribution is -2.52. The molecule has 0 radical (unpaired) electrons. The first-order valence-electron chi connectivity index (χ1n) is 10.7. The van der Waals surface area contributed by atoms with Crippen molar-refractivity contribution in [1.82, 2.24) is 0 Å². The van der Waals surface area contributed by atoms with E-state index in [2.05, 4.69) is 0 Å². The highest BCUT2D eigenvalue weighted by Crippen LogP contribution is 2.36. The van der Waals surface area contributed by atoms with Crippen LogP contribution in [0.5, 0.6) is 5.75 Å². The van der Waals surface area contributed by atoms with Crippen molar-refractivity contribution >= 4 is 11.6 Å². The normalized spacial score (nSPS) is 24.9. The number of aliphatic hydroxyl groups excluding tert-OH is 2. The van der Waals surface area contributed by atoms with E-state index in [0.29, 0.717) is 30.0 Å². The van der Waals surface area contributed by atoms with Gasteiger partial charge >= 0.3 is 0 Å². The van der Waals surface area contributed by atoms with Crippen LogP contribution in [0.4, 0.5) is 8.78 Å². The minimum atomic E-state index is -2.48. The van der Waals surface area contributed by atoms with Crippen LogP contribution in [0.15, 0.2) is 42.5 Å². The number of hydrogen-bond acceptors (Lipinski definition) is 5. The highest BCUT2D eigenvalue weighted by atomic mass is 35.5. The van der Waals surface area contributed by atoms with E-state index in [4.69, 9.17) is 25.8 Å². The Morgan fingerprint density at radius 2 is 1.88 bits per heavy atom. The summed E-state index contributed by atoms with van der Waals surface area (Å²) in [7, 11) is 0. The minimum Gasteiger partial charge on any atom is -0.493 e. The molecular weight excluding hydrogens is 442 g/mol. The van der Waals surface area contributed by atoms with Gasteiger partial charge in [0.05, 0.1) is 38.1 Å². The van der Waals surface area contributed by atoms with Crippen LogP contribution in [0.1, 0.15) is 35.6 Å². The van der Waals surface area contributed by atoms with Crippen LogP contribution in [-0.2, 0) is 15.9 Å². The molecule has 3 atom stereocenters. The van der Waals surface area contributed by atoms with Gasteiger partial charge in [0.15, 0.2) is 0 Å². The molecule has 3 unspecified atom stereocenters. The highest BCUT2D eigenvalue weighted by Gasteiger charge is 2.48. The van der Waals surface area contributed by atoms with Crippen molar-refractivity contribution in [3.05, 3.63) is 64.2 Å². The van der Waals surface area contributed by atoms with Gasteiger partial charge in [-0.3, -0.25) is 0 Å². The lowest BCUT2D eigenvalue weighted by molar-refractivity contribution is -0.199. The van der Waals surface area contributed by atoms with Crippen molar-refractivity contribution < 1.29 is 33.2 Å². The maximum Gasteiger partial charge on any atom is 0.251 e. The van der Waals surface area contributed by atoms with Crippen LogP contribution in [0.3, 0.4) is 0 Å². The summed E-state index contributed by atoms with van der Waals surface area (Å²) in [6.45, 7) is -0.190. The van der Waals surface area contributed by atoms with Crippen LogP contribution >= 0.6 is 11.6 Å². The summed E-state index contributed by atoms with van der Waals surface area (Å²) in [4.78, 5) is 0. The third-order valence-electron chi connectivity index (χ3n) is 6.11. The summed E-state index contributed by atoms with van der Waals surface area (Å²) in [6.07, 6.45) is -2.23. The summed E-state index contributed by atoms with van der Waals surface area (Å²) in [6, 6.07) is 12.9. The van der Waals surface area contributed by atoms with Gasteiger partial charge in [-0.25, -0.2) is 8.78 Å². The van der Waals surface area contributed by atoms with Gasteiger partial charge in [-0.15, -0.1) is 0 Å². The van der Waals surface area contributed by atoms with Gasteiger partial charge in [-0.2, -0.15) is 0 Å². The van der Waals surface area contributed by atoms with Crippen LogP contribution in [0.2, 0.25) is 5.02 Å². The fourth-order valence-corrected chi connectivity index (χ4v) is 4.22. The van der Waals surface area contributed by atoms with Crippen molar-refractivity contribution in [3.63, 3.8) is 0 Å². The number of rotatable bonds is 8. The third-order valence-corrected chi connectivity index (χ3v) is 6.48. The molecule has 2 aliphatic heterocycles. The standard InChI is InChI=1S/C24H27ClF2O5/c25-21-6-3-16(22-10-18(29)9-20(11-28)32-22)8-17(21)7-15-1-4-19(5-2-15)31-14-24(23(26)27)12-30-13-24/h1-6,8,18,20,22-23,28-29H,7,9-14H2. The zero-order valence-electron chi connectivity index (χ0n) is 17.6. The number of ether oxygens (including phenoxy) is 3. The second-order valence-electron chi connectivity index (χ2n) is 8.67. The summed E-state index contributed by atoms with van der Waals surface area (Å²) in [5, 5.41) is 20.1. The highest BCUT2D eigenvalue weighted by molar-refractivity contribution is 6.31. The molecular formula is C24H27ClF2O5. The van der Waals surface area contributed by atoms with E-state index < -0.39 is 17.9 Å². The van der Waals surface area contributed by atoms with Gasteiger partial charge in [0.25, 0.3) is 6.43 Å². The van der Waals surface area contributed by atoms with Crippen molar-refractivity contribution in [3.8, 4) is 5.75 Å². The Morgan fingerprint density at radius 1 is 1.12 bits per heavy atom. The Labute approximate surface area is 190 Å². The first-order chi connectivity index (χ1) is 15.4. The topological polar surface area (TPSA) is 68.2 Å². The molecule has 2 N–H and O–H groups in total. The van der Waals surface area contributed by atoms with E-state index in [0.717, 1.165) is 16.7 Å². The Kier molecular flexibility index (Phi) is 7.32. The van der Waals surface area contributed by atoms with Crippen LogP contribution < -0.4 is 4.74 Å². The Morgan fingerprint density at radius 3 is 2.50 bits per heavy atom. The van der Waals surface area contributed by atoms with Crippen molar-refractivity contribution in [2.24, 2.45) is 5.41 Å². The quantitative estimate of drug-likeness (QED) is 0.608. The first-order valence-corrected chi connectivity index (χ1v) is 11.1. The molecule has 2 saturated heterocycles. The SMILES string of the molecule is OCC1CC(O)CC(c2ccc(Cl)c(Cc3ccc(OCC4(C(F)F)COC4)cc3)c2)O1. The molecule has 2 aromatic rings. The molecule has 4 rings (SSSR count). The number of aliphatic hydroxyl groups is 2. The van der Waals surface area contributed by atoms with E-state index in [-0.39, 0.29) is 38.6 Å². The third kappa shape index (κ3) is 5.24. The molecule has 0 aliphatic carbocycles. The van der Waals surface area contributed by atoms with Gasteiger partial charge in [0, 0.05) is 17.9 Å². The maximum absolute atomic E-state index is 13.2. The number of hydrogen-bond donors (Lipinski definition) is 2.